The molecule has 3 nitrogen and oxygen atoms in total. The number of alkyl halides is 3. The topological polar surface area (TPSA) is 27.7 Å². The van der Waals surface area contributed by atoms with Crippen molar-refractivity contribution in [2.24, 2.45) is 29.6 Å². The highest BCUT2D eigenvalue weighted by atomic mass is 19.4. The molecule has 2 aliphatic carbocycles. The van der Waals surface area contributed by atoms with Crippen molar-refractivity contribution in [1.29, 1.82) is 0 Å². The molecule has 0 radical (unpaired) electrons. The summed E-state index contributed by atoms with van der Waals surface area (Å²) < 4.78 is 52.6. The Balaban J connectivity index is 1.14. The third-order valence-electron chi connectivity index (χ3n) is 8.40. The average Bonchev–Trinajstić information content (AvgIpc) is 2.83. The summed E-state index contributed by atoms with van der Waals surface area (Å²) in [6.07, 6.45) is 9.01. The molecule has 0 N–H and O–H groups in total. The van der Waals surface area contributed by atoms with Crippen LogP contribution in [0.15, 0.2) is 24.3 Å². The Labute approximate surface area is 196 Å². The summed E-state index contributed by atoms with van der Waals surface area (Å²) in [5.74, 6) is 3.57. The zero-order valence-corrected chi connectivity index (χ0v) is 19.8. The highest BCUT2D eigenvalue weighted by Crippen LogP contribution is 2.44. The van der Waals surface area contributed by atoms with Gasteiger partial charge in [-0.05, 0) is 99.2 Å². The molecular formula is C27H39F3O3. The first-order valence-electron chi connectivity index (χ1n) is 13.0. The van der Waals surface area contributed by atoms with E-state index in [0.29, 0.717) is 5.92 Å². The van der Waals surface area contributed by atoms with Crippen LogP contribution >= 0.6 is 0 Å². The molecule has 1 saturated heterocycles. The van der Waals surface area contributed by atoms with Crippen LogP contribution in [0.2, 0.25) is 0 Å². The van der Waals surface area contributed by atoms with E-state index in [1.54, 1.807) is 12.1 Å². The van der Waals surface area contributed by atoms with Crippen LogP contribution in [0.4, 0.5) is 13.2 Å². The molecule has 0 amide bonds. The first-order valence-corrected chi connectivity index (χ1v) is 13.0. The molecule has 3 fully saturated rings. The molecule has 0 aromatic heterocycles. The minimum atomic E-state index is -4.63. The third kappa shape index (κ3) is 7.35. The standard InChI is InChI=1S/C27H39F3O3/c1-19(26-31-17-2-18-32-26)22-11-13-24(14-12-22)23-9-5-20(6-10-23)3-4-21-7-15-25(16-8-21)33-27(28,29)30/h7-8,15-16,19-20,22-24,26H,2-6,9-14,17-18H2,1H3. The van der Waals surface area contributed by atoms with Crippen molar-refractivity contribution in [2.45, 2.75) is 90.2 Å². The number of aryl methyl sites for hydroxylation is 1. The minimum absolute atomic E-state index is 0.00380. The normalized spacial score (nSPS) is 30.7. The maximum atomic E-state index is 12.3. The fourth-order valence-electron chi connectivity index (χ4n) is 6.35. The van der Waals surface area contributed by atoms with Crippen LogP contribution < -0.4 is 4.74 Å². The van der Waals surface area contributed by atoms with Gasteiger partial charge in [-0.1, -0.05) is 31.9 Å². The summed E-state index contributed by atoms with van der Waals surface area (Å²) in [4.78, 5) is 0. The number of hydrogen-bond acceptors (Lipinski definition) is 3. The van der Waals surface area contributed by atoms with E-state index in [2.05, 4.69) is 11.7 Å². The largest absolute Gasteiger partial charge is 0.573 e. The van der Waals surface area contributed by atoms with Gasteiger partial charge in [0.2, 0.25) is 0 Å². The van der Waals surface area contributed by atoms with Crippen molar-refractivity contribution in [2.75, 3.05) is 13.2 Å². The summed E-state index contributed by atoms with van der Waals surface area (Å²) in [6.45, 7) is 3.99. The van der Waals surface area contributed by atoms with Gasteiger partial charge in [-0.3, -0.25) is 0 Å². The van der Waals surface area contributed by atoms with Gasteiger partial charge in [-0.25, -0.2) is 0 Å². The van der Waals surface area contributed by atoms with E-state index in [0.717, 1.165) is 61.7 Å². The highest BCUT2D eigenvalue weighted by Gasteiger charge is 2.35. The Morgan fingerprint density at radius 1 is 0.879 bits per heavy atom. The molecule has 1 aromatic carbocycles. The van der Waals surface area contributed by atoms with Gasteiger partial charge in [0.25, 0.3) is 0 Å². The maximum absolute atomic E-state index is 12.3. The van der Waals surface area contributed by atoms with E-state index in [1.165, 1.54) is 63.5 Å². The predicted octanol–water partition coefficient (Wildman–Crippen LogP) is 7.53. The fraction of sp³-hybridized carbons (Fsp3) is 0.778. The van der Waals surface area contributed by atoms with Gasteiger partial charge in [0, 0.05) is 5.92 Å². The summed E-state index contributed by atoms with van der Waals surface area (Å²) in [5.41, 5.74) is 1.09. The summed E-state index contributed by atoms with van der Waals surface area (Å²) in [6, 6.07) is 6.36. The lowest BCUT2D eigenvalue weighted by molar-refractivity contribution is -0.274. The maximum Gasteiger partial charge on any atom is 0.573 e. The SMILES string of the molecule is CC(C1CCC(C2CCC(CCc3ccc(OC(F)(F)F)cc3)CC2)CC1)C1OCCCO1. The van der Waals surface area contributed by atoms with E-state index >= 15 is 0 Å². The van der Waals surface area contributed by atoms with Gasteiger partial charge in [0.15, 0.2) is 6.29 Å². The number of halogens is 3. The average molecular weight is 469 g/mol. The van der Waals surface area contributed by atoms with E-state index in [4.69, 9.17) is 9.47 Å². The molecule has 1 unspecified atom stereocenters. The Kier molecular flexibility index (Phi) is 8.61. The highest BCUT2D eigenvalue weighted by molar-refractivity contribution is 5.27. The van der Waals surface area contributed by atoms with Gasteiger partial charge >= 0.3 is 6.36 Å². The summed E-state index contributed by atoms with van der Waals surface area (Å²) in [5, 5.41) is 0. The lowest BCUT2D eigenvalue weighted by Crippen LogP contribution is -2.37. The van der Waals surface area contributed by atoms with Crippen LogP contribution in [0.25, 0.3) is 0 Å². The summed E-state index contributed by atoms with van der Waals surface area (Å²) >= 11 is 0. The molecule has 1 aliphatic heterocycles. The van der Waals surface area contributed by atoms with E-state index in [-0.39, 0.29) is 12.0 Å². The molecule has 3 aliphatic rings. The fourth-order valence-corrected chi connectivity index (χ4v) is 6.35. The van der Waals surface area contributed by atoms with Crippen molar-refractivity contribution in [1.82, 2.24) is 0 Å². The van der Waals surface area contributed by atoms with Crippen LogP contribution in [0, 0.1) is 29.6 Å². The lowest BCUT2D eigenvalue weighted by atomic mass is 9.67. The minimum Gasteiger partial charge on any atom is -0.406 e. The molecule has 186 valence electrons. The van der Waals surface area contributed by atoms with Crippen LogP contribution in [0.5, 0.6) is 5.75 Å². The lowest BCUT2D eigenvalue weighted by Gasteiger charge is -2.41. The monoisotopic (exact) mass is 468 g/mol. The van der Waals surface area contributed by atoms with Crippen molar-refractivity contribution in [3.05, 3.63) is 29.8 Å². The molecule has 1 atom stereocenters. The molecule has 0 bridgehead atoms. The summed E-state index contributed by atoms with van der Waals surface area (Å²) in [7, 11) is 0. The molecule has 4 rings (SSSR count). The van der Waals surface area contributed by atoms with Crippen LogP contribution in [0.3, 0.4) is 0 Å². The number of benzene rings is 1. The first-order chi connectivity index (χ1) is 15.9. The smallest absolute Gasteiger partial charge is 0.406 e. The van der Waals surface area contributed by atoms with Crippen molar-refractivity contribution >= 4 is 0 Å². The van der Waals surface area contributed by atoms with Crippen LogP contribution in [-0.4, -0.2) is 25.9 Å². The first kappa shape index (κ1) is 24.8. The van der Waals surface area contributed by atoms with Gasteiger partial charge in [-0.2, -0.15) is 0 Å². The number of rotatable bonds is 7. The van der Waals surface area contributed by atoms with Gasteiger partial charge in [-0.15, -0.1) is 13.2 Å². The Hall–Kier alpha value is -1.27. The van der Waals surface area contributed by atoms with Crippen molar-refractivity contribution in [3.63, 3.8) is 0 Å². The predicted molar refractivity (Wildman–Crippen MR) is 122 cm³/mol. The third-order valence-corrected chi connectivity index (χ3v) is 8.40. The zero-order chi connectivity index (χ0) is 23.3. The van der Waals surface area contributed by atoms with E-state index in [1.807, 2.05) is 0 Å². The quantitative estimate of drug-likeness (QED) is 0.414. The van der Waals surface area contributed by atoms with Crippen LogP contribution in [-0.2, 0) is 15.9 Å². The van der Waals surface area contributed by atoms with E-state index in [9.17, 15) is 13.2 Å². The molecule has 6 heteroatoms. The van der Waals surface area contributed by atoms with E-state index < -0.39 is 6.36 Å². The molecule has 1 heterocycles. The Morgan fingerprint density at radius 3 is 2.03 bits per heavy atom. The van der Waals surface area contributed by atoms with Crippen molar-refractivity contribution < 1.29 is 27.4 Å². The molecule has 1 aromatic rings. The number of hydrogen-bond donors (Lipinski definition) is 0. The second-order valence-corrected chi connectivity index (χ2v) is 10.5. The zero-order valence-electron chi connectivity index (χ0n) is 19.8. The van der Waals surface area contributed by atoms with Gasteiger partial charge < -0.3 is 14.2 Å². The Bertz CT molecular complexity index is 698. The Morgan fingerprint density at radius 2 is 1.45 bits per heavy atom. The molecule has 33 heavy (non-hydrogen) atoms. The van der Waals surface area contributed by atoms with Gasteiger partial charge in [0.1, 0.15) is 5.75 Å². The van der Waals surface area contributed by atoms with Gasteiger partial charge in [0.05, 0.1) is 13.2 Å². The van der Waals surface area contributed by atoms with Crippen LogP contribution in [0.1, 0.15) is 76.7 Å². The number of ether oxygens (including phenoxy) is 3. The molecule has 2 saturated carbocycles. The van der Waals surface area contributed by atoms with Crippen molar-refractivity contribution in [3.8, 4) is 5.75 Å². The molecular weight excluding hydrogens is 429 g/mol. The molecule has 0 spiro atoms. The second-order valence-electron chi connectivity index (χ2n) is 10.5. The second kappa shape index (κ2) is 11.4.